The number of ether oxygens (including phenoxy) is 1. The fourth-order valence-corrected chi connectivity index (χ4v) is 5.87. The average Bonchev–Trinajstić information content (AvgIpc) is 3.61. The van der Waals surface area contributed by atoms with E-state index >= 15 is 8.78 Å². The fraction of sp³-hybridized carbons (Fsp3) is 0.448. The molecule has 41 heavy (non-hydrogen) atoms. The molecule has 1 aliphatic heterocycles. The molecule has 5 rings (SSSR count). The Balaban J connectivity index is 1.32. The Morgan fingerprint density at radius 3 is 2.51 bits per heavy atom. The van der Waals surface area contributed by atoms with Crippen LogP contribution in [-0.2, 0) is 27.8 Å². The van der Waals surface area contributed by atoms with Crippen LogP contribution in [0.15, 0.2) is 36.4 Å². The molecule has 1 saturated carbocycles. The number of aromatic nitrogens is 2. The second-order valence-corrected chi connectivity index (χ2v) is 11.1. The van der Waals surface area contributed by atoms with Crippen molar-refractivity contribution in [3.63, 3.8) is 0 Å². The standard InChI is InChI=1S/C29H31ClF2N4O5/c1-35-24-7-3-2-6-20(24)26(34-35)27(38)33-23-16-22(31)18(14-21(23)30)15-25(37)29(32,36-12-4-5-13-36)41-19-10-8-17(9-11-19)28(39)40/h2-3,6-7,14,16-17,19H,4-5,8-13,15H2,1H3,(H,33,38)(H,39,40)/t17-,19-,29?. The summed E-state index contributed by atoms with van der Waals surface area (Å²) in [5.74, 6) is -6.58. The molecule has 2 N–H and O–H groups in total. The Morgan fingerprint density at radius 1 is 1.15 bits per heavy atom. The van der Waals surface area contributed by atoms with Crippen molar-refractivity contribution in [3.8, 4) is 0 Å². The van der Waals surface area contributed by atoms with Crippen LogP contribution in [-0.4, -0.2) is 62.6 Å². The molecule has 2 aromatic carbocycles. The Hall–Kier alpha value is -3.41. The van der Waals surface area contributed by atoms with E-state index in [-0.39, 0.29) is 22.0 Å². The molecule has 1 unspecified atom stereocenters. The number of nitrogens with zero attached hydrogens (tertiary/aromatic N) is 3. The molecule has 1 aromatic heterocycles. The van der Waals surface area contributed by atoms with Crippen molar-refractivity contribution in [2.24, 2.45) is 13.0 Å². The SMILES string of the molecule is Cn1nc(C(=O)Nc2cc(F)c(CC(=O)C(F)(O[C@H]3CC[C@H](C(=O)O)CC3)N3CCCC3)cc2Cl)c2ccccc21. The average molecular weight is 589 g/mol. The summed E-state index contributed by atoms with van der Waals surface area (Å²) in [5, 5.41) is 16.7. The number of aliphatic carboxylic acids is 1. The molecule has 2 aliphatic rings. The number of carboxylic acids is 1. The number of hydrogen-bond acceptors (Lipinski definition) is 6. The third kappa shape index (κ3) is 5.98. The predicted octanol–water partition coefficient (Wildman–Crippen LogP) is 5.11. The molecule has 3 aromatic rings. The maximum Gasteiger partial charge on any atom is 0.330 e. The van der Waals surface area contributed by atoms with Crippen molar-refractivity contribution in [3.05, 3.63) is 58.5 Å². The van der Waals surface area contributed by atoms with Crippen LogP contribution in [0.4, 0.5) is 14.5 Å². The molecule has 0 spiro atoms. The highest BCUT2D eigenvalue weighted by Crippen LogP contribution is 2.35. The third-order valence-corrected chi connectivity index (χ3v) is 8.22. The van der Waals surface area contributed by atoms with Crippen LogP contribution >= 0.6 is 11.6 Å². The van der Waals surface area contributed by atoms with Crippen molar-refractivity contribution >= 4 is 45.9 Å². The summed E-state index contributed by atoms with van der Waals surface area (Å²) in [4.78, 5) is 39.0. The van der Waals surface area contributed by atoms with Crippen LogP contribution in [0.5, 0.6) is 0 Å². The second kappa shape index (κ2) is 11.8. The van der Waals surface area contributed by atoms with Gasteiger partial charge in [-0.2, -0.15) is 9.49 Å². The van der Waals surface area contributed by atoms with E-state index in [2.05, 4.69) is 10.4 Å². The third-order valence-electron chi connectivity index (χ3n) is 7.91. The molecular weight excluding hydrogens is 558 g/mol. The highest BCUT2D eigenvalue weighted by Gasteiger charge is 2.49. The van der Waals surface area contributed by atoms with Gasteiger partial charge < -0.3 is 15.2 Å². The van der Waals surface area contributed by atoms with Crippen molar-refractivity contribution < 1.29 is 33.0 Å². The molecule has 2 heterocycles. The second-order valence-electron chi connectivity index (χ2n) is 10.7. The van der Waals surface area contributed by atoms with E-state index in [9.17, 15) is 19.5 Å². The van der Waals surface area contributed by atoms with E-state index in [1.165, 1.54) is 11.0 Å². The number of carbonyl (C=O) groups is 3. The van der Waals surface area contributed by atoms with Crippen molar-refractivity contribution in [2.45, 2.75) is 57.0 Å². The van der Waals surface area contributed by atoms with E-state index < -0.39 is 47.9 Å². The zero-order valence-electron chi connectivity index (χ0n) is 22.5. The monoisotopic (exact) mass is 588 g/mol. The van der Waals surface area contributed by atoms with Gasteiger partial charge in [0.15, 0.2) is 5.69 Å². The van der Waals surface area contributed by atoms with E-state index in [4.69, 9.17) is 16.3 Å². The number of amides is 1. The van der Waals surface area contributed by atoms with E-state index in [1.807, 2.05) is 12.1 Å². The number of Topliss-reactive ketones (excluding diaryl/α,β-unsaturated/α-hetero) is 1. The number of alkyl halides is 1. The van der Waals surface area contributed by atoms with Gasteiger partial charge in [-0.1, -0.05) is 29.8 Å². The Kier molecular flexibility index (Phi) is 8.40. The largest absolute Gasteiger partial charge is 0.481 e. The van der Waals surface area contributed by atoms with E-state index in [0.29, 0.717) is 57.0 Å². The number of ketones is 1. The lowest BCUT2D eigenvalue weighted by atomic mass is 9.87. The maximum absolute atomic E-state index is 16.4. The zero-order chi connectivity index (χ0) is 29.3. The molecule has 1 atom stereocenters. The number of aryl methyl sites for hydroxylation is 1. The van der Waals surface area contributed by atoms with Crippen molar-refractivity contribution in [2.75, 3.05) is 18.4 Å². The number of halogens is 3. The van der Waals surface area contributed by atoms with Gasteiger partial charge >= 0.3 is 11.9 Å². The minimum atomic E-state index is -2.77. The number of carbonyl (C=O) groups excluding carboxylic acids is 2. The first-order chi connectivity index (χ1) is 19.6. The van der Waals surface area contributed by atoms with Crippen LogP contribution in [0.2, 0.25) is 5.02 Å². The molecule has 218 valence electrons. The van der Waals surface area contributed by atoms with Crippen LogP contribution < -0.4 is 5.32 Å². The lowest BCUT2D eigenvalue weighted by Gasteiger charge is -2.37. The van der Waals surface area contributed by atoms with Gasteiger partial charge in [-0.25, -0.2) is 9.29 Å². The first-order valence-corrected chi connectivity index (χ1v) is 14.0. The number of hydrogen-bond donors (Lipinski definition) is 2. The van der Waals surface area contributed by atoms with Crippen LogP contribution in [0.3, 0.4) is 0 Å². The number of fused-ring (bicyclic) bond motifs is 1. The summed E-state index contributed by atoms with van der Waals surface area (Å²) in [6.45, 7) is 0.617. The van der Waals surface area contributed by atoms with Crippen LogP contribution in [0.25, 0.3) is 10.9 Å². The normalized spacial score (nSPS) is 21.1. The lowest BCUT2D eigenvalue weighted by Crippen LogP contribution is -2.54. The molecule has 1 saturated heterocycles. The first kappa shape index (κ1) is 29.1. The van der Waals surface area contributed by atoms with Gasteiger partial charge in [0.1, 0.15) is 5.82 Å². The van der Waals surface area contributed by atoms with Gasteiger partial charge in [0, 0.05) is 31.9 Å². The number of carboxylic acid groups (broad SMARTS) is 1. The summed E-state index contributed by atoms with van der Waals surface area (Å²) in [5.41, 5.74) is 0.730. The van der Waals surface area contributed by atoms with Gasteiger partial charge in [0.05, 0.1) is 28.2 Å². The molecule has 1 aliphatic carbocycles. The molecule has 2 fully saturated rings. The molecule has 1 amide bonds. The Bertz CT molecular complexity index is 1480. The number of rotatable bonds is 9. The number of para-hydroxylation sites is 1. The number of nitrogens with one attached hydrogen (secondary N) is 1. The lowest BCUT2D eigenvalue weighted by molar-refractivity contribution is -0.252. The van der Waals surface area contributed by atoms with Crippen LogP contribution in [0.1, 0.15) is 54.6 Å². The molecule has 0 bridgehead atoms. The number of anilines is 1. The summed E-state index contributed by atoms with van der Waals surface area (Å²) in [6.07, 6.45) is 1.40. The quantitative estimate of drug-likeness (QED) is 0.334. The minimum absolute atomic E-state index is 0.0161. The summed E-state index contributed by atoms with van der Waals surface area (Å²) < 4.78 is 39.0. The first-order valence-electron chi connectivity index (χ1n) is 13.7. The number of benzene rings is 2. The van der Waals surface area contributed by atoms with Gasteiger partial charge in [0.25, 0.3) is 5.91 Å². The van der Waals surface area contributed by atoms with Crippen molar-refractivity contribution in [1.82, 2.24) is 14.7 Å². The molecular formula is C29H31ClF2N4O5. The maximum atomic E-state index is 16.4. The minimum Gasteiger partial charge on any atom is -0.481 e. The fourth-order valence-electron chi connectivity index (χ4n) is 5.63. The topological polar surface area (TPSA) is 114 Å². The Morgan fingerprint density at radius 2 is 1.83 bits per heavy atom. The smallest absolute Gasteiger partial charge is 0.330 e. The highest BCUT2D eigenvalue weighted by molar-refractivity contribution is 6.34. The van der Waals surface area contributed by atoms with Gasteiger partial charge in [-0.3, -0.25) is 19.1 Å². The summed E-state index contributed by atoms with van der Waals surface area (Å²) >= 11 is 6.37. The van der Waals surface area contributed by atoms with E-state index in [0.717, 1.165) is 11.6 Å². The van der Waals surface area contributed by atoms with Crippen molar-refractivity contribution in [1.29, 1.82) is 0 Å². The Labute approximate surface area is 240 Å². The van der Waals surface area contributed by atoms with Crippen LogP contribution in [0, 0.1) is 11.7 Å². The number of likely N-dealkylation sites (tertiary alicyclic amines) is 1. The van der Waals surface area contributed by atoms with Gasteiger partial charge in [-0.15, -0.1) is 0 Å². The molecule has 0 radical (unpaired) electrons. The summed E-state index contributed by atoms with van der Waals surface area (Å²) in [6, 6.07) is 9.36. The summed E-state index contributed by atoms with van der Waals surface area (Å²) in [7, 11) is 1.70. The zero-order valence-corrected chi connectivity index (χ0v) is 23.3. The highest BCUT2D eigenvalue weighted by atomic mass is 35.5. The molecule has 12 heteroatoms. The van der Waals surface area contributed by atoms with Gasteiger partial charge in [0.2, 0.25) is 5.78 Å². The van der Waals surface area contributed by atoms with Gasteiger partial charge in [-0.05, 0) is 62.3 Å². The predicted molar refractivity (Wildman–Crippen MR) is 148 cm³/mol. The van der Waals surface area contributed by atoms with E-state index in [1.54, 1.807) is 23.9 Å². The molecule has 9 nitrogen and oxygen atoms in total.